The molecule has 6 nitrogen and oxygen atoms in total. The molecule has 2 heterocycles. The molecule has 0 radical (unpaired) electrons. The molecule has 33 heavy (non-hydrogen) atoms. The van der Waals surface area contributed by atoms with Gasteiger partial charge < -0.3 is 0 Å². The van der Waals surface area contributed by atoms with Crippen LogP contribution in [0.5, 0.6) is 0 Å². The van der Waals surface area contributed by atoms with Gasteiger partial charge in [0.25, 0.3) is 5.91 Å². The van der Waals surface area contributed by atoms with Crippen molar-refractivity contribution in [3.8, 4) is 11.1 Å². The number of carbonyl (C=O) groups is 1. The zero-order chi connectivity index (χ0) is 22.6. The number of hydrogen-bond acceptors (Lipinski definition) is 6. The van der Waals surface area contributed by atoms with Gasteiger partial charge in [-0.2, -0.15) is 5.21 Å². The summed E-state index contributed by atoms with van der Waals surface area (Å²) in [6.45, 7) is 0.594. The summed E-state index contributed by atoms with van der Waals surface area (Å²) in [5, 5.41) is 16.3. The number of H-pyrrole nitrogens is 1. The fourth-order valence-corrected chi connectivity index (χ4v) is 5.17. The maximum atomic E-state index is 13.0. The monoisotopic (exact) mass is 471 g/mol. The lowest BCUT2D eigenvalue weighted by atomic mass is 9.99. The van der Waals surface area contributed by atoms with E-state index in [1.54, 1.807) is 4.90 Å². The minimum Gasteiger partial charge on any atom is -0.293 e. The first-order valence-electron chi connectivity index (χ1n) is 10.7. The second-order valence-electron chi connectivity index (χ2n) is 7.81. The van der Waals surface area contributed by atoms with Crippen molar-refractivity contribution >= 4 is 51.1 Å². The molecule has 3 aromatic carbocycles. The highest BCUT2D eigenvalue weighted by atomic mass is 32.2. The number of amides is 1. The number of nitrogens with one attached hydrogen (secondary N) is 1. The number of aromatic nitrogens is 4. The summed E-state index contributed by atoms with van der Waals surface area (Å²) in [6.07, 6.45) is 4.35. The molecule has 0 atom stereocenters. The molecule has 1 aliphatic heterocycles. The molecule has 5 rings (SSSR count). The number of hydrogen-bond donors (Lipinski definition) is 1. The van der Waals surface area contributed by atoms with Gasteiger partial charge in [-0.3, -0.25) is 9.69 Å². The lowest BCUT2D eigenvalue weighted by Gasteiger charge is -2.13. The second-order valence-corrected chi connectivity index (χ2v) is 9.48. The molecule has 0 saturated carbocycles. The van der Waals surface area contributed by atoms with Crippen LogP contribution in [-0.2, 0) is 11.2 Å². The number of rotatable bonds is 7. The molecule has 1 fully saturated rings. The number of fused-ring (bicyclic) bond motifs is 1. The van der Waals surface area contributed by atoms with Crippen LogP contribution >= 0.6 is 24.0 Å². The Morgan fingerprint density at radius 2 is 1.82 bits per heavy atom. The van der Waals surface area contributed by atoms with E-state index < -0.39 is 0 Å². The highest BCUT2D eigenvalue weighted by Crippen LogP contribution is 2.33. The van der Waals surface area contributed by atoms with Crippen LogP contribution in [0.15, 0.2) is 71.6 Å². The minimum atomic E-state index is -0.0272. The number of thioether (sulfide) groups is 1. The Kier molecular flexibility index (Phi) is 6.28. The van der Waals surface area contributed by atoms with Crippen molar-refractivity contribution in [2.24, 2.45) is 0 Å². The summed E-state index contributed by atoms with van der Waals surface area (Å²) in [4.78, 5) is 15.3. The number of benzene rings is 3. The maximum Gasteiger partial charge on any atom is 0.266 e. The highest BCUT2D eigenvalue weighted by molar-refractivity contribution is 8.26. The highest BCUT2D eigenvalue weighted by Gasteiger charge is 2.31. The van der Waals surface area contributed by atoms with Gasteiger partial charge in [-0.1, -0.05) is 83.8 Å². The van der Waals surface area contributed by atoms with E-state index in [4.69, 9.17) is 12.2 Å². The molecule has 0 bridgehead atoms. The number of aryl methyl sites for hydroxylation is 1. The molecule has 164 valence electrons. The van der Waals surface area contributed by atoms with Crippen molar-refractivity contribution in [2.75, 3.05) is 6.54 Å². The third kappa shape index (κ3) is 4.86. The number of unbranched alkanes of at least 4 members (excludes halogenated alkanes) is 1. The molecule has 1 amide bonds. The molecule has 1 aliphatic rings. The maximum absolute atomic E-state index is 13.0. The SMILES string of the molecule is O=C1C(=Cc2cccc(-c3ccc4ccccc4c3)c2)SC(=S)N1CCCCc1nn[nH]n1. The molecule has 1 N–H and O–H groups in total. The summed E-state index contributed by atoms with van der Waals surface area (Å²) in [5.41, 5.74) is 3.25. The summed E-state index contributed by atoms with van der Waals surface area (Å²) < 4.78 is 0.608. The van der Waals surface area contributed by atoms with Crippen molar-refractivity contribution < 1.29 is 4.79 Å². The van der Waals surface area contributed by atoms with Gasteiger partial charge >= 0.3 is 0 Å². The Labute approximate surface area is 201 Å². The van der Waals surface area contributed by atoms with Gasteiger partial charge in [0.15, 0.2) is 5.82 Å². The Hall–Kier alpha value is -3.36. The summed E-state index contributed by atoms with van der Waals surface area (Å²) in [7, 11) is 0. The largest absolute Gasteiger partial charge is 0.293 e. The van der Waals surface area contributed by atoms with Crippen molar-refractivity contribution in [1.29, 1.82) is 0 Å². The second kappa shape index (κ2) is 9.64. The van der Waals surface area contributed by atoms with E-state index >= 15 is 0 Å². The Morgan fingerprint density at radius 3 is 2.67 bits per heavy atom. The van der Waals surface area contributed by atoms with E-state index in [-0.39, 0.29) is 5.91 Å². The van der Waals surface area contributed by atoms with Crippen molar-refractivity contribution in [3.05, 3.63) is 83.0 Å². The lowest BCUT2D eigenvalue weighted by molar-refractivity contribution is -0.122. The zero-order valence-electron chi connectivity index (χ0n) is 17.8. The minimum absolute atomic E-state index is 0.0272. The fourth-order valence-electron chi connectivity index (χ4n) is 3.86. The quantitative estimate of drug-likeness (QED) is 0.226. The van der Waals surface area contributed by atoms with Crippen LogP contribution in [0.3, 0.4) is 0 Å². The summed E-state index contributed by atoms with van der Waals surface area (Å²) in [6, 6.07) is 23.1. The first-order chi connectivity index (χ1) is 16.2. The van der Waals surface area contributed by atoms with Gasteiger partial charge in [0.05, 0.1) is 4.91 Å². The molecule has 4 aromatic rings. The molecule has 8 heteroatoms. The number of aromatic amines is 1. The van der Waals surface area contributed by atoms with Crippen molar-refractivity contribution in [1.82, 2.24) is 25.5 Å². The number of tetrazole rings is 1. The lowest BCUT2D eigenvalue weighted by Crippen LogP contribution is -2.29. The van der Waals surface area contributed by atoms with Gasteiger partial charge in [0, 0.05) is 13.0 Å². The third-order valence-corrected chi connectivity index (χ3v) is 6.94. The fraction of sp³-hybridized carbons (Fsp3) is 0.160. The predicted molar refractivity (Wildman–Crippen MR) is 136 cm³/mol. The molecule has 1 saturated heterocycles. The van der Waals surface area contributed by atoms with Crippen molar-refractivity contribution in [3.63, 3.8) is 0 Å². The van der Waals surface area contributed by atoms with Gasteiger partial charge in [0.1, 0.15) is 4.32 Å². The molecule has 0 aliphatic carbocycles. The molecule has 1 aromatic heterocycles. The molecular weight excluding hydrogens is 450 g/mol. The number of nitrogens with zero attached hydrogens (tertiary/aromatic N) is 4. The van der Waals surface area contributed by atoms with Gasteiger partial charge in [-0.05, 0) is 58.5 Å². The number of carbonyl (C=O) groups excluding carboxylic acids is 1. The van der Waals surface area contributed by atoms with Gasteiger partial charge in [-0.25, -0.2) is 0 Å². The topological polar surface area (TPSA) is 74.8 Å². The van der Waals surface area contributed by atoms with Crippen molar-refractivity contribution in [2.45, 2.75) is 19.3 Å². The van der Waals surface area contributed by atoms with Crippen LogP contribution in [0.4, 0.5) is 0 Å². The van der Waals surface area contributed by atoms with E-state index in [2.05, 4.69) is 69.2 Å². The van der Waals surface area contributed by atoms with Crippen LogP contribution in [0.25, 0.3) is 28.0 Å². The van der Waals surface area contributed by atoms with Crippen LogP contribution in [0.1, 0.15) is 24.2 Å². The normalized spacial score (nSPS) is 15.2. The van der Waals surface area contributed by atoms with Gasteiger partial charge in [-0.15, -0.1) is 10.2 Å². The van der Waals surface area contributed by atoms with Gasteiger partial charge in [0.2, 0.25) is 0 Å². The average Bonchev–Trinajstić information content (AvgIpc) is 3.45. The summed E-state index contributed by atoms with van der Waals surface area (Å²) in [5.74, 6) is 0.659. The summed E-state index contributed by atoms with van der Waals surface area (Å²) >= 11 is 6.84. The first-order valence-corrected chi connectivity index (χ1v) is 12.0. The predicted octanol–water partition coefficient (Wildman–Crippen LogP) is 5.24. The van der Waals surface area contributed by atoms with Crippen LogP contribution in [-0.4, -0.2) is 42.3 Å². The molecule has 0 unspecified atom stereocenters. The standard InChI is InChI=1S/C25H21N5OS2/c31-24-22(33-25(32)30(24)13-4-3-10-23-26-28-29-27-23)15-17-6-5-9-19(14-17)21-12-11-18-7-1-2-8-20(18)16-21/h1-2,5-9,11-12,14-16H,3-4,10,13H2,(H,26,27,28,29). The van der Waals surface area contributed by atoms with E-state index in [9.17, 15) is 4.79 Å². The Bertz CT molecular complexity index is 1350. The third-order valence-electron chi connectivity index (χ3n) is 5.56. The van der Waals surface area contributed by atoms with Crippen LogP contribution in [0, 0.1) is 0 Å². The van der Waals surface area contributed by atoms with Crippen LogP contribution in [0.2, 0.25) is 0 Å². The number of thiocarbonyl (C=S) groups is 1. The zero-order valence-corrected chi connectivity index (χ0v) is 19.4. The van der Waals surface area contributed by atoms with E-state index in [1.807, 2.05) is 24.3 Å². The molecule has 0 spiro atoms. The Balaban J connectivity index is 1.28. The van der Waals surface area contributed by atoms with Crippen LogP contribution < -0.4 is 0 Å². The smallest absolute Gasteiger partial charge is 0.266 e. The van der Waals surface area contributed by atoms with E-state index in [0.717, 1.165) is 36.0 Å². The van der Waals surface area contributed by atoms with E-state index in [0.29, 0.717) is 21.6 Å². The first kappa shape index (κ1) is 21.5. The Morgan fingerprint density at radius 1 is 0.970 bits per heavy atom. The molecular formula is C25H21N5OS2. The average molecular weight is 472 g/mol. The van der Waals surface area contributed by atoms with E-state index in [1.165, 1.54) is 22.5 Å².